The fourth-order valence-electron chi connectivity index (χ4n) is 1.44. The van der Waals surface area contributed by atoms with Gasteiger partial charge in [0, 0.05) is 5.41 Å². The van der Waals surface area contributed by atoms with Crippen molar-refractivity contribution in [1.29, 1.82) is 0 Å². The van der Waals surface area contributed by atoms with Crippen molar-refractivity contribution in [2.75, 3.05) is 0 Å². The molecule has 0 saturated carbocycles. The molecule has 1 atom stereocenters. The van der Waals surface area contributed by atoms with Crippen LogP contribution in [0.2, 0.25) is 0 Å². The van der Waals surface area contributed by atoms with Crippen LogP contribution in [0.1, 0.15) is 54.4 Å². The van der Waals surface area contributed by atoms with Gasteiger partial charge in [-0.15, -0.1) is 0 Å². The van der Waals surface area contributed by atoms with Crippen LogP contribution in [0, 0.1) is 5.41 Å². The lowest BCUT2D eigenvalue weighted by Gasteiger charge is -2.42. The number of ether oxygens (including phenoxy) is 1. The maximum atomic E-state index is 5.85. The molecule has 0 aromatic carbocycles. The topological polar surface area (TPSA) is 9.23 Å². The SMILES string of the molecule is C=C(C)OC(C)(CCC)C(C)(C)C. The first-order valence-electron chi connectivity index (χ1n) is 5.07. The molecule has 0 amide bonds. The molecule has 0 bridgehead atoms. The van der Waals surface area contributed by atoms with E-state index in [0.717, 1.165) is 18.6 Å². The highest BCUT2D eigenvalue weighted by Gasteiger charge is 2.38. The van der Waals surface area contributed by atoms with Crippen LogP contribution in [0.5, 0.6) is 0 Å². The van der Waals surface area contributed by atoms with E-state index in [0.29, 0.717) is 0 Å². The Balaban J connectivity index is 4.62. The second kappa shape index (κ2) is 4.17. The molecule has 1 unspecified atom stereocenters. The molecule has 0 aliphatic heterocycles. The number of hydrogen-bond donors (Lipinski definition) is 0. The molecule has 0 radical (unpaired) electrons. The Morgan fingerprint density at radius 1 is 1.23 bits per heavy atom. The largest absolute Gasteiger partial charge is 0.492 e. The van der Waals surface area contributed by atoms with E-state index in [9.17, 15) is 0 Å². The number of allylic oxidation sites excluding steroid dienone is 1. The molecule has 0 aromatic rings. The van der Waals surface area contributed by atoms with Crippen molar-refractivity contribution in [2.45, 2.75) is 60.0 Å². The molecule has 0 aromatic heterocycles. The van der Waals surface area contributed by atoms with E-state index in [-0.39, 0.29) is 11.0 Å². The molecule has 0 aliphatic carbocycles. The van der Waals surface area contributed by atoms with Crippen molar-refractivity contribution in [1.82, 2.24) is 0 Å². The normalized spacial score (nSPS) is 16.5. The number of hydrogen-bond acceptors (Lipinski definition) is 1. The number of rotatable bonds is 4. The fraction of sp³-hybridized carbons (Fsp3) is 0.833. The second-order valence-electron chi connectivity index (χ2n) is 5.03. The molecule has 0 N–H and O–H groups in total. The highest BCUT2D eigenvalue weighted by molar-refractivity contribution is 4.92. The average molecular weight is 184 g/mol. The summed E-state index contributed by atoms with van der Waals surface area (Å²) in [4.78, 5) is 0. The molecule has 13 heavy (non-hydrogen) atoms. The van der Waals surface area contributed by atoms with Crippen molar-refractivity contribution in [3.05, 3.63) is 12.3 Å². The lowest BCUT2D eigenvalue weighted by atomic mass is 9.75. The summed E-state index contributed by atoms with van der Waals surface area (Å²) in [7, 11) is 0. The molecule has 78 valence electrons. The maximum absolute atomic E-state index is 5.85. The van der Waals surface area contributed by atoms with Crippen molar-refractivity contribution in [2.24, 2.45) is 5.41 Å². The van der Waals surface area contributed by atoms with Crippen molar-refractivity contribution in [3.8, 4) is 0 Å². The molecule has 0 rings (SSSR count). The van der Waals surface area contributed by atoms with Crippen LogP contribution < -0.4 is 0 Å². The molecular weight excluding hydrogens is 160 g/mol. The van der Waals surface area contributed by atoms with Gasteiger partial charge in [0.25, 0.3) is 0 Å². The van der Waals surface area contributed by atoms with E-state index < -0.39 is 0 Å². The third-order valence-corrected chi connectivity index (χ3v) is 2.71. The van der Waals surface area contributed by atoms with Gasteiger partial charge >= 0.3 is 0 Å². The second-order valence-corrected chi connectivity index (χ2v) is 5.03. The Kier molecular flexibility index (Phi) is 4.02. The predicted molar refractivity (Wildman–Crippen MR) is 58.7 cm³/mol. The van der Waals surface area contributed by atoms with Crippen molar-refractivity contribution >= 4 is 0 Å². The van der Waals surface area contributed by atoms with Gasteiger partial charge in [-0.25, -0.2) is 0 Å². The van der Waals surface area contributed by atoms with E-state index >= 15 is 0 Å². The van der Waals surface area contributed by atoms with Crippen LogP contribution in [0.4, 0.5) is 0 Å². The van der Waals surface area contributed by atoms with Crippen LogP contribution in [-0.2, 0) is 4.74 Å². The Labute approximate surface area is 83.2 Å². The summed E-state index contributed by atoms with van der Waals surface area (Å²) in [6, 6.07) is 0. The zero-order valence-corrected chi connectivity index (χ0v) is 10.0. The lowest BCUT2D eigenvalue weighted by Crippen LogP contribution is -2.42. The van der Waals surface area contributed by atoms with Crippen LogP contribution in [0.15, 0.2) is 12.3 Å². The zero-order valence-electron chi connectivity index (χ0n) is 10.0. The Morgan fingerprint density at radius 3 is 1.92 bits per heavy atom. The first-order chi connectivity index (χ1) is 5.73. The van der Waals surface area contributed by atoms with E-state index in [1.807, 2.05) is 6.92 Å². The summed E-state index contributed by atoms with van der Waals surface area (Å²) in [6.45, 7) is 16.7. The molecule has 0 aliphatic rings. The molecule has 1 nitrogen and oxygen atoms in total. The smallest absolute Gasteiger partial charge is 0.110 e. The Morgan fingerprint density at radius 2 is 1.69 bits per heavy atom. The molecule has 0 fully saturated rings. The van der Waals surface area contributed by atoms with Gasteiger partial charge in [-0.2, -0.15) is 0 Å². The van der Waals surface area contributed by atoms with Crippen molar-refractivity contribution in [3.63, 3.8) is 0 Å². The predicted octanol–water partition coefficient (Wildman–Crippen LogP) is 4.14. The molecule has 0 heterocycles. The van der Waals surface area contributed by atoms with Crippen LogP contribution in [0.3, 0.4) is 0 Å². The molecular formula is C12H24O. The van der Waals surface area contributed by atoms with Gasteiger partial charge in [-0.3, -0.25) is 0 Å². The molecule has 1 heteroatoms. The van der Waals surface area contributed by atoms with E-state index in [4.69, 9.17) is 4.74 Å². The summed E-state index contributed by atoms with van der Waals surface area (Å²) in [5, 5.41) is 0. The van der Waals surface area contributed by atoms with Gasteiger partial charge in [-0.1, -0.05) is 40.7 Å². The Hall–Kier alpha value is -0.460. The highest BCUT2D eigenvalue weighted by atomic mass is 16.5. The zero-order chi connectivity index (χ0) is 10.7. The van der Waals surface area contributed by atoms with E-state index in [1.165, 1.54) is 0 Å². The summed E-state index contributed by atoms with van der Waals surface area (Å²) in [6.07, 6.45) is 2.21. The third-order valence-electron chi connectivity index (χ3n) is 2.71. The quantitative estimate of drug-likeness (QED) is 0.597. The summed E-state index contributed by atoms with van der Waals surface area (Å²) >= 11 is 0. The third kappa shape index (κ3) is 3.41. The minimum atomic E-state index is -0.0897. The first-order valence-corrected chi connectivity index (χ1v) is 5.07. The van der Waals surface area contributed by atoms with Gasteiger partial charge in [0.05, 0.1) is 5.76 Å². The standard InChI is InChI=1S/C12H24O/c1-8-9-12(7,11(4,5)6)13-10(2)3/h2,8-9H2,1,3-7H3. The van der Waals surface area contributed by atoms with Crippen LogP contribution in [-0.4, -0.2) is 5.60 Å². The van der Waals surface area contributed by atoms with Gasteiger partial charge in [-0.05, 0) is 20.3 Å². The van der Waals surface area contributed by atoms with E-state index in [2.05, 4.69) is 41.2 Å². The van der Waals surface area contributed by atoms with Gasteiger partial charge in [0.2, 0.25) is 0 Å². The van der Waals surface area contributed by atoms with Crippen LogP contribution >= 0.6 is 0 Å². The molecule has 0 saturated heterocycles. The fourth-order valence-corrected chi connectivity index (χ4v) is 1.44. The Bertz CT molecular complexity index is 176. The van der Waals surface area contributed by atoms with Gasteiger partial charge < -0.3 is 4.74 Å². The van der Waals surface area contributed by atoms with Crippen molar-refractivity contribution < 1.29 is 4.74 Å². The average Bonchev–Trinajstić information content (AvgIpc) is 1.82. The molecule has 0 spiro atoms. The van der Waals surface area contributed by atoms with Gasteiger partial charge in [0.1, 0.15) is 5.60 Å². The monoisotopic (exact) mass is 184 g/mol. The lowest BCUT2D eigenvalue weighted by molar-refractivity contribution is -0.0730. The maximum Gasteiger partial charge on any atom is 0.110 e. The van der Waals surface area contributed by atoms with E-state index in [1.54, 1.807) is 0 Å². The minimum absolute atomic E-state index is 0.0897. The van der Waals surface area contributed by atoms with Gasteiger partial charge in [0.15, 0.2) is 0 Å². The summed E-state index contributed by atoms with van der Waals surface area (Å²) in [5.41, 5.74) is 0.0650. The summed E-state index contributed by atoms with van der Waals surface area (Å²) in [5.74, 6) is 0.811. The first kappa shape index (κ1) is 12.5. The van der Waals surface area contributed by atoms with Crippen LogP contribution in [0.25, 0.3) is 0 Å². The highest BCUT2D eigenvalue weighted by Crippen LogP contribution is 2.38. The summed E-state index contributed by atoms with van der Waals surface area (Å²) < 4.78 is 5.85. The minimum Gasteiger partial charge on any atom is -0.492 e.